The molecule has 1 N–H and O–H groups in total. The summed E-state index contributed by atoms with van der Waals surface area (Å²) >= 11 is 0. The molecule has 0 saturated heterocycles. The van der Waals surface area contributed by atoms with E-state index in [1.807, 2.05) is 0 Å². The Hall–Kier alpha value is -2.90. The molecule has 0 amide bonds. The molecule has 1 aromatic heterocycles. The van der Waals surface area contributed by atoms with Crippen LogP contribution in [0.15, 0.2) is 28.8 Å². The number of rotatable bonds is 5. The first-order valence-corrected chi connectivity index (χ1v) is 5.54. The Kier molecular flexibility index (Phi) is 3.65. The van der Waals surface area contributed by atoms with Gasteiger partial charge < -0.3 is 14.4 Å². The van der Waals surface area contributed by atoms with Crippen LogP contribution in [0.25, 0.3) is 0 Å². The number of aromatic nitrogens is 1. The van der Waals surface area contributed by atoms with Crippen molar-refractivity contribution >= 4 is 11.7 Å². The molecule has 0 saturated carbocycles. The molecular weight excluding hydrogens is 268 g/mol. The number of carboxylic acids is 1. The van der Waals surface area contributed by atoms with Crippen LogP contribution >= 0.6 is 0 Å². The summed E-state index contributed by atoms with van der Waals surface area (Å²) in [6.07, 6.45) is 0. The van der Waals surface area contributed by atoms with Crippen LogP contribution in [0.4, 0.5) is 5.69 Å². The van der Waals surface area contributed by atoms with Crippen molar-refractivity contribution < 1.29 is 24.1 Å². The van der Waals surface area contributed by atoms with Crippen molar-refractivity contribution in [1.82, 2.24) is 5.16 Å². The second kappa shape index (κ2) is 5.39. The molecule has 104 valence electrons. The highest BCUT2D eigenvalue weighted by atomic mass is 16.6. The maximum absolute atomic E-state index is 11.1. The van der Waals surface area contributed by atoms with E-state index in [1.54, 1.807) is 13.0 Å². The second-order valence-electron chi connectivity index (χ2n) is 3.96. The predicted molar refractivity (Wildman–Crippen MR) is 65.6 cm³/mol. The van der Waals surface area contributed by atoms with Gasteiger partial charge in [0, 0.05) is 18.2 Å². The number of benzene rings is 1. The predicted octanol–water partition coefficient (Wildman–Crippen LogP) is 2.17. The van der Waals surface area contributed by atoms with Gasteiger partial charge in [-0.2, -0.15) is 0 Å². The van der Waals surface area contributed by atoms with Crippen molar-refractivity contribution in [3.8, 4) is 5.75 Å². The summed E-state index contributed by atoms with van der Waals surface area (Å²) in [7, 11) is 0. The highest BCUT2D eigenvalue weighted by Gasteiger charge is 2.17. The average molecular weight is 278 g/mol. The van der Waals surface area contributed by atoms with Gasteiger partial charge in [0.05, 0.1) is 4.92 Å². The smallest absolute Gasteiger partial charge is 0.339 e. The van der Waals surface area contributed by atoms with Crippen LogP contribution in [-0.2, 0) is 6.61 Å². The summed E-state index contributed by atoms with van der Waals surface area (Å²) in [6.45, 7) is 1.72. The highest BCUT2D eigenvalue weighted by molar-refractivity contribution is 5.91. The first kappa shape index (κ1) is 13.5. The molecule has 0 radical (unpaired) electrons. The van der Waals surface area contributed by atoms with Crippen LogP contribution in [0.3, 0.4) is 0 Å². The number of hydrogen-bond donors (Lipinski definition) is 1. The Balaban J connectivity index is 2.22. The molecule has 20 heavy (non-hydrogen) atoms. The Morgan fingerprint density at radius 3 is 2.80 bits per heavy atom. The summed E-state index contributed by atoms with van der Waals surface area (Å²) < 4.78 is 10.2. The summed E-state index contributed by atoms with van der Waals surface area (Å²) in [4.78, 5) is 21.0. The fourth-order valence-electron chi connectivity index (χ4n) is 1.56. The van der Waals surface area contributed by atoms with E-state index < -0.39 is 10.9 Å². The van der Waals surface area contributed by atoms with Gasteiger partial charge in [-0.1, -0.05) is 5.16 Å². The minimum atomic E-state index is -1.31. The standard InChI is InChI=1S/C12H10N2O6/c1-7-4-8(13-20-7)6-19-11-3-2-9(14(17)18)5-10(11)12(15)16/h2-5H,6H2,1H3,(H,15,16). The van der Waals surface area contributed by atoms with E-state index in [2.05, 4.69) is 5.16 Å². The summed E-state index contributed by atoms with van der Waals surface area (Å²) in [5.41, 5.74) is -0.0939. The lowest BCUT2D eigenvalue weighted by Gasteiger charge is -2.07. The molecule has 8 heteroatoms. The minimum absolute atomic E-state index is 0.00936. The minimum Gasteiger partial charge on any atom is -0.486 e. The molecule has 0 aliphatic carbocycles. The summed E-state index contributed by atoms with van der Waals surface area (Å²) in [5.74, 6) is -0.672. The largest absolute Gasteiger partial charge is 0.486 e. The monoisotopic (exact) mass is 278 g/mol. The van der Waals surface area contributed by atoms with Gasteiger partial charge in [-0.3, -0.25) is 10.1 Å². The van der Waals surface area contributed by atoms with Gasteiger partial charge in [-0.05, 0) is 13.0 Å². The molecule has 1 heterocycles. The molecule has 8 nitrogen and oxygen atoms in total. The molecule has 0 atom stereocenters. The number of aryl methyl sites for hydroxylation is 1. The van der Waals surface area contributed by atoms with E-state index in [4.69, 9.17) is 14.4 Å². The first-order valence-electron chi connectivity index (χ1n) is 5.54. The Labute approximate surface area is 112 Å². The van der Waals surface area contributed by atoms with Crippen LogP contribution in [-0.4, -0.2) is 21.2 Å². The zero-order valence-corrected chi connectivity index (χ0v) is 10.4. The van der Waals surface area contributed by atoms with Crippen LogP contribution in [0.1, 0.15) is 21.8 Å². The molecule has 2 rings (SSSR count). The third-order valence-corrected chi connectivity index (χ3v) is 2.46. The third kappa shape index (κ3) is 2.91. The van der Waals surface area contributed by atoms with Gasteiger partial charge in [0.1, 0.15) is 29.4 Å². The number of hydrogen-bond acceptors (Lipinski definition) is 6. The topological polar surface area (TPSA) is 116 Å². The lowest BCUT2D eigenvalue weighted by Crippen LogP contribution is -2.04. The van der Waals surface area contributed by atoms with E-state index in [1.165, 1.54) is 12.1 Å². The lowest BCUT2D eigenvalue weighted by atomic mass is 10.2. The molecule has 0 aliphatic rings. The molecule has 0 unspecified atom stereocenters. The van der Waals surface area contributed by atoms with Crippen molar-refractivity contribution in [2.24, 2.45) is 0 Å². The van der Waals surface area contributed by atoms with Crippen molar-refractivity contribution in [2.45, 2.75) is 13.5 Å². The molecular formula is C12H10N2O6. The van der Waals surface area contributed by atoms with Crippen LogP contribution < -0.4 is 4.74 Å². The maximum Gasteiger partial charge on any atom is 0.339 e. The summed E-state index contributed by atoms with van der Waals surface area (Å²) in [5, 5.41) is 23.4. The van der Waals surface area contributed by atoms with Gasteiger partial charge >= 0.3 is 5.97 Å². The number of nitro benzene ring substituents is 1. The number of nitro groups is 1. The Morgan fingerprint density at radius 2 is 2.25 bits per heavy atom. The molecule has 0 aliphatic heterocycles. The van der Waals surface area contributed by atoms with Crippen molar-refractivity contribution in [1.29, 1.82) is 0 Å². The number of aromatic carboxylic acids is 1. The average Bonchev–Trinajstić information content (AvgIpc) is 2.81. The van der Waals surface area contributed by atoms with E-state index in [0.717, 1.165) is 6.07 Å². The number of nitrogens with zero attached hydrogens (tertiary/aromatic N) is 2. The van der Waals surface area contributed by atoms with Gasteiger partial charge in [0.2, 0.25) is 0 Å². The molecule has 2 aromatic rings. The number of carbonyl (C=O) groups is 1. The van der Waals surface area contributed by atoms with Gasteiger partial charge in [-0.25, -0.2) is 4.79 Å². The Bertz CT molecular complexity index is 664. The van der Waals surface area contributed by atoms with Gasteiger partial charge in [0.15, 0.2) is 0 Å². The lowest BCUT2D eigenvalue weighted by molar-refractivity contribution is -0.384. The van der Waals surface area contributed by atoms with E-state index >= 15 is 0 Å². The van der Waals surface area contributed by atoms with Crippen molar-refractivity contribution in [3.05, 3.63) is 51.4 Å². The zero-order valence-electron chi connectivity index (χ0n) is 10.4. The highest BCUT2D eigenvalue weighted by Crippen LogP contribution is 2.25. The van der Waals surface area contributed by atoms with Crippen LogP contribution in [0.5, 0.6) is 5.75 Å². The SMILES string of the molecule is Cc1cc(COc2ccc([N+](=O)[O-])cc2C(=O)O)no1. The van der Waals surface area contributed by atoms with Crippen molar-refractivity contribution in [3.63, 3.8) is 0 Å². The first-order chi connectivity index (χ1) is 9.47. The normalized spacial score (nSPS) is 10.2. The van der Waals surface area contributed by atoms with Crippen LogP contribution in [0.2, 0.25) is 0 Å². The third-order valence-electron chi connectivity index (χ3n) is 2.46. The van der Waals surface area contributed by atoms with E-state index in [0.29, 0.717) is 11.5 Å². The zero-order chi connectivity index (χ0) is 14.7. The molecule has 0 bridgehead atoms. The fraction of sp³-hybridized carbons (Fsp3) is 0.167. The van der Waals surface area contributed by atoms with E-state index in [9.17, 15) is 14.9 Å². The van der Waals surface area contributed by atoms with E-state index in [-0.39, 0.29) is 23.6 Å². The fourth-order valence-corrected chi connectivity index (χ4v) is 1.56. The second-order valence-corrected chi connectivity index (χ2v) is 3.96. The van der Waals surface area contributed by atoms with Crippen LogP contribution in [0, 0.1) is 17.0 Å². The van der Waals surface area contributed by atoms with Gasteiger partial charge in [-0.15, -0.1) is 0 Å². The maximum atomic E-state index is 11.1. The molecule has 1 aromatic carbocycles. The number of carboxylic acid groups (broad SMARTS) is 1. The van der Waals surface area contributed by atoms with Crippen molar-refractivity contribution in [2.75, 3.05) is 0 Å². The quantitative estimate of drug-likeness (QED) is 0.658. The number of non-ortho nitro benzene ring substituents is 1. The molecule has 0 spiro atoms. The summed E-state index contributed by atoms with van der Waals surface area (Å²) in [6, 6.07) is 5.02. The Morgan fingerprint density at radius 1 is 1.50 bits per heavy atom. The number of ether oxygens (including phenoxy) is 1. The molecule has 0 fully saturated rings. The van der Waals surface area contributed by atoms with Gasteiger partial charge in [0.25, 0.3) is 5.69 Å².